The summed E-state index contributed by atoms with van der Waals surface area (Å²) in [7, 11) is 0. The fraction of sp³-hybridized carbons (Fsp3) is 0.554. The number of H-pyrrole nitrogens is 1. The van der Waals surface area contributed by atoms with Gasteiger partial charge in [0.05, 0.1) is 25.4 Å². The highest BCUT2D eigenvalue weighted by Crippen LogP contribution is 2.16. The molecule has 0 bridgehead atoms. The maximum Gasteiger partial charge on any atom is 0.305 e. The van der Waals surface area contributed by atoms with Gasteiger partial charge in [-0.1, -0.05) is 84.4 Å². The van der Waals surface area contributed by atoms with E-state index in [4.69, 9.17) is 22.9 Å². The topological polar surface area (TPSA) is 614 Å². The van der Waals surface area contributed by atoms with Crippen LogP contribution in [0.3, 0.4) is 0 Å². The number of nitrogens with two attached hydrogens (primary N) is 4. The van der Waals surface area contributed by atoms with Crippen molar-refractivity contribution in [3.8, 4) is 0 Å². The van der Waals surface area contributed by atoms with Crippen LogP contribution in [-0.2, 0) is 91.2 Å². The molecule has 0 aliphatic carbocycles. The van der Waals surface area contributed by atoms with E-state index < -0.39 is 212 Å². The van der Waals surface area contributed by atoms with Gasteiger partial charge in [0.15, 0.2) is 5.96 Å². The molecule has 0 spiro atoms. The number of aliphatic imine (C=N–C) groups is 1. The van der Waals surface area contributed by atoms with Crippen molar-refractivity contribution < 1.29 is 92.3 Å². The number of aromatic nitrogens is 2. The lowest BCUT2D eigenvalue weighted by molar-refractivity contribution is -0.142. The number of carboxylic acids is 3. The number of hydrogen-bond acceptors (Lipinski definition) is 20. The third-order valence-corrected chi connectivity index (χ3v) is 16.9. The van der Waals surface area contributed by atoms with Crippen LogP contribution in [0.5, 0.6) is 0 Å². The molecule has 3 aromatic rings. The van der Waals surface area contributed by atoms with Crippen LogP contribution in [0.2, 0.25) is 0 Å². The van der Waals surface area contributed by atoms with E-state index in [0.29, 0.717) is 22.6 Å². The zero-order valence-corrected chi connectivity index (χ0v) is 59.2. The lowest BCUT2D eigenvalue weighted by Gasteiger charge is -2.29. The Balaban J connectivity index is 1.90. The molecule has 2 aromatic heterocycles. The minimum atomic E-state index is -1.98. The van der Waals surface area contributed by atoms with E-state index in [-0.39, 0.29) is 56.9 Å². The molecular weight excluding hydrogens is 1370 g/mol. The summed E-state index contributed by atoms with van der Waals surface area (Å²) in [4.78, 5) is 214. The number of aromatic amines is 1. The molecule has 0 unspecified atom stereocenters. The maximum atomic E-state index is 14.5. The molecule has 0 saturated heterocycles. The third kappa shape index (κ3) is 31.4. The number of nitrogens with zero attached hydrogens (tertiary/aromatic N) is 2. The van der Waals surface area contributed by atoms with Crippen LogP contribution in [0, 0.1) is 17.8 Å². The van der Waals surface area contributed by atoms with Crippen molar-refractivity contribution in [2.45, 2.75) is 198 Å². The number of hydrogen-bond donors (Lipinski definition) is 20. The van der Waals surface area contributed by atoms with E-state index >= 15 is 0 Å². The predicted molar refractivity (Wildman–Crippen MR) is 371 cm³/mol. The summed E-state index contributed by atoms with van der Waals surface area (Å²) >= 11 is 1.19. The first-order valence-corrected chi connectivity index (χ1v) is 34.2. The van der Waals surface area contributed by atoms with Gasteiger partial charge < -0.3 is 107 Å². The molecular formula is C65H98N18O19S. The largest absolute Gasteiger partial charge is 0.481 e. The molecule has 103 heavy (non-hydrogen) atoms. The zero-order chi connectivity index (χ0) is 77.2. The number of carboxylic acid groups (broad SMARTS) is 3. The highest BCUT2D eigenvalue weighted by Gasteiger charge is 2.38. The van der Waals surface area contributed by atoms with Gasteiger partial charge in [0, 0.05) is 55.4 Å². The van der Waals surface area contributed by atoms with E-state index in [0.717, 1.165) is 6.92 Å². The molecule has 3 rings (SSSR count). The Morgan fingerprint density at radius 3 is 1.51 bits per heavy atom. The number of carbonyl (C=O) groups is 15. The second-order valence-corrected chi connectivity index (χ2v) is 26.3. The molecule has 37 nitrogen and oxygen atoms in total. The van der Waals surface area contributed by atoms with Crippen molar-refractivity contribution in [2.24, 2.45) is 45.7 Å². The summed E-state index contributed by atoms with van der Waals surface area (Å²) in [5.74, 6) is -18.4. The van der Waals surface area contributed by atoms with E-state index in [1.54, 1.807) is 75.5 Å². The Kier molecular flexibility index (Phi) is 36.9. The van der Waals surface area contributed by atoms with Crippen LogP contribution >= 0.6 is 11.3 Å². The number of thiophene rings is 1. The third-order valence-electron chi connectivity index (χ3n) is 16.0. The molecule has 13 atom stereocenters. The van der Waals surface area contributed by atoms with Crippen molar-refractivity contribution in [1.29, 1.82) is 0 Å². The number of nitrogens with one attached hydrogen (secondary N) is 12. The van der Waals surface area contributed by atoms with Crippen LogP contribution in [0.4, 0.5) is 0 Å². The van der Waals surface area contributed by atoms with Crippen molar-refractivity contribution in [3.05, 3.63) is 76.5 Å². The monoisotopic (exact) mass is 1470 g/mol. The SMILES string of the molecule is CC[C@H](C)[C@H](N)C(=O)N[C@@H](CO)C(=O)N[C@@H](CCC(=O)O)C(=O)N[C@H](C(=O)N[C@@H](Cc1cccs1)C(=O)N[C@@H](CC(C)C)C(=O)N[C@@H](CC(=O)O)C(=O)N[C@@H](C)C(=O)N[C@@H](CCC(=O)O)C(=O)N[C@@H](Cc1ccccc1)C(=O)N[C@@H](CCCN=C(N)N)C(=O)N[C@@H](Cc1cnc[nH]1)C(N)=O)C(C)C. The van der Waals surface area contributed by atoms with Crippen LogP contribution in [-0.4, -0.2) is 211 Å². The summed E-state index contributed by atoms with van der Waals surface area (Å²) in [6.45, 7) is 10.0. The van der Waals surface area contributed by atoms with Crippen molar-refractivity contribution in [3.63, 3.8) is 0 Å². The normalized spacial score (nSPS) is 14.9. The first-order chi connectivity index (χ1) is 48.5. The second kappa shape index (κ2) is 43.9. The predicted octanol–water partition coefficient (Wildman–Crippen LogP) is -4.34. The van der Waals surface area contributed by atoms with Crippen LogP contribution in [0.15, 0.2) is 65.4 Å². The summed E-state index contributed by atoms with van der Waals surface area (Å²) in [5.41, 5.74) is 23.5. The number of primary amides is 1. The molecule has 2 heterocycles. The summed E-state index contributed by atoms with van der Waals surface area (Å²) in [6.07, 6.45) is -1.15. The van der Waals surface area contributed by atoms with Crippen LogP contribution in [0.25, 0.3) is 0 Å². The number of benzene rings is 1. The number of aliphatic hydroxyl groups excluding tert-OH is 1. The molecule has 24 N–H and O–H groups in total. The van der Waals surface area contributed by atoms with Gasteiger partial charge in [0.1, 0.15) is 66.5 Å². The number of amides is 12. The highest BCUT2D eigenvalue weighted by atomic mass is 32.1. The number of aliphatic hydroxyl groups is 1. The standard InChI is InChI=1S/C65H98N18O19S/c1-8-34(6)51(66)63(101)82-47(30-84)62(100)76-41(19-21-49(87)88)57(95)83-52(33(4)5)64(102)81-45(27-38-16-13-23-103-38)61(99)78-43(24-32(2)3)59(97)80-46(28-50(89)90)58(96)73-35(7)54(92)74-40(18-20-48(85)86)56(94)79-44(25-36-14-10-9-11-15-36)60(98)75-39(17-12-22-71-65(68)69)55(93)77-42(53(67)91)26-37-29-70-31-72-37/h9-11,13-16,23,29,31-35,39-47,51-52,84H,8,12,17-22,24-28,30,66H2,1-7H3,(H2,67,91)(H,70,72)(H,73,96)(H,74,92)(H,75,98)(H,76,100)(H,77,93)(H,78,99)(H,79,94)(H,80,97)(H,81,102)(H,82,101)(H,83,95)(H,85,86)(H,87,88)(H,89,90)(H4,68,69,71)/t34-,35-,39-,40-,41-,42-,43-,44-,45-,46-,47-,51-,52-/m0/s1. The number of rotatable bonds is 47. The lowest BCUT2D eigenvalue weighted by Crippen LogP contribution is -2.61. The Morgan fingerprint density at radius 2 is 1.01 bits per heavy atom. The van der Waals surface area contributed by atoms with E-state index in [9.17, 15) is 92.3 Å². The van der Waals surface area contributed by atoms with Gasteiger partial charge in [-0.05, 0) is 73.8 Å². The minimum Gasteiger partial charge on any atom is -0.481 e. The average Bonchev–Trinajstić information content (AvgIpc) is 0.988. The molecule has 0 aliphatic rings. The van der Waals surface area contributed by atoms with Gasteiger partial charge in [0.2, 0.25) is 70.9 Å². The molecule has 12 amide bonds. The van der Waals surface area contributed by atoms with E-state index in [2.05, 4.69) is 73.4 Å². The second-order valence-electron chi connectivity index (χ2n) is 25.3. The Bertz CT molecular complexity index is 3390. The van der Waals surface area contributed by atoms with Gasteiger partial charge in [0.25, 0.3) is 0 Å². The molecule has 0 fully saturated rings. The summed E-state index contributed by atoms with van der Waals surface area (Å²) in [5, 5.41) is 67.8. The van der Waals surface area contributed by atoms with Gasteiger partial charge >= 0.3 is 17.9 Å². The van der Waals surface area contributed by atoms with Gasteiger partial charge in [-0.3, -0.25) is 76.9 Å². The molecule has 0 radical (unpaired) electrons. The fourth-order valence-corrected chi connectivity index (χ4v) is 10.8. The summed E-state index contributed by atoms with van der Waals surface area (Å²) in [6, 6.07) is -7.19. The van der Waals surface area contributed by atoms with Gasteiger partial charge in [-0.15, -0.1) is 11.3 Å². The molecule has 0 saturated carbocycles. The Hall–Kier alpha value is -10.6. The molecule has 38 heteroatoms. The van der Waals surface area contributed by atoms with Crippen LogP contribution in [0.1, 0.15) is 122 Å². The van der Waals surface area contributed by atoms with E-state index in [1.807, 2.05) is 0 Å². The first-order valence-electron chi connectivity index (χ1n) is 33.3. The van der Waals surface area contributed by atoms with Gasteiger partial charge in [-0.25, -0.2) is 4.98 Å². The Labute approximate surface area is 597 Å². The van der Waals surface area contributed by atoms with Crippen molar-refractivity contribution in [1.82, 2.24) is 68.5 Å². The molecule has 568 valence electrons. The smallest absolute Gasteiger partial charge is 0.305 e. The first kappa shape index (κ1) is 86.6. The highest BCUT2D eigenvalue weighted by molar-refractivity contribution is 7.09. The maximum absolute atomic E-state index is 14.5. The average molecular weight is 1470 g/mol. The van der Waals surface area contributed by atoms with Crippen molar-refractivity contribution in [2.75, 3.05) is 13.2 Å². The molecule has 1 aromatic carbocycles. The van der Waals surface area contributed by atoms with E-state index in [1.165, 1.54) is 37.7 Å². The Morgan fingerprint density at radius 1 is 0.524 bits per heavy atom. The van der Waals surface area contributed by atoms with Gasteiger partial charge in [-0.2, -0.15) is 0 Å². The quantitative estimate of drug-likeness (QED) is 0.0144. The number of imidazole rings is 1. The van der Waals surface area contributed by atoms with Crippen molar-refractivity contribution >= 4 is 106 Å². The fourth-order valence-electron chi connectivity index (χ4n) is 10.0. The van der Waals surface area contributed by atoms with Crippen LogP contribution < -0.4 is 81.4 Å². The lowest BCUT2D eigenvalue weighted by atomic mass is 9.99. The summed E-state index contributed by atoms with van der Waals surface area (Å²) < 4.78 is 0. The molecule has 0 aliphatic heterocycles. The number of aliphatic carboxylic acids is 3. The number of carbonyl (C=O) groups excluding carboxylic acids is 12. The minimum absolute atomic E-state index is 0.000270. The zero-order valence-electron chi connectivity index (χ0n) is 58.4. The number of guanidine groups is 1.